The summed E-state index contributed by atoms with van der Waals surface area (Å²) in [5, 5.41) is 2.49. The minimum atomic E-state index is 1.10. The van der Waals surface area contributed by atoms with Gasteiger partial charge in [0.2, 0.25) is 0 Å². The van der Waals surface area contributed by atoms with E-state index in [1.54, 1.807) is 0 Å². The van der Waals surface area contributed by atoms with Crippen LogP contribution in [0.25, 0.3) is 55.3 Å². The van der Waals surface area contributed by atoms with Crippen molar-refractivity contribution in [1.82, 2.24) is 0 Å². The fourth-order valence-corrected chi connectivity index (χ4v) is 6.49. The Kier molecular flexibility index (Phi) is 7.63. The average molecular weight is 600 g/mol. The molecule has 0 saturated heterocycles. The van der Waals surface area contributed by atoms with E-state index in [9.17, 15) is 0 Å². The Morgan fingerprint density at radius 1 is 0.255 bits per heavy atom. The Labute approximate surface area is 276 Å². The van der Waals surface area contributed by atoms with Crippen LogP contribution < -0.4 is 4.90 Å². The molecule has 0 N–H and O–H groups in total. The second-order valence-electron chi connectivity index (χ2n) is 11.8. The monoisotopic (exact) mass is 599 g/mol. The molecule has 0 aromatic heterocycles. The fourth-order valence-electron chi connectivity index (χ4n) is 6.49. The minimum absolute atomic E-state index is 1.10. The number of rotatable bonds is 7. The highest BCUT2D eigenvalue weighted by molar-refractivity contribution is 5.92. The van der Waals surface area contributed by atoms with Gasteiger partial charge in [0.25, 0.3) is 0 Å². The second-order valence-corrected chi connectivity index (χ2v) is 11.8. The third-order valence-electron chi connectivity index (χ3n) is 8.82. The number of anilines is 3. The molecule has 0 heterocycles. The van der Waals surface area contributed by atoms with Gasteiger partial charge >= 0.3 is 0 Å². The topological polar surface area (TPSA) is 3.24 Å². The number of para-hydroxylation sites is 1. The largest absolute Gasteiger partial charge is 0.310 e. The lowest BCUT2D eigenvalue weighted by Gasteiger charge is -2.29. The molecule has 8 aromatic rings. The summed E-state index contributed by atoms with van der Waals surface area (Å²) >= 11 is 0. The van der Waals surface area contributed by atoms with Crippen LogP contribution >= 0.6 is 0 Å². The summed E-state index contributed by atoms with van der Waals surface area (Å²) in [7, 11) is 0. The van der Waals surface area contributed by atoms with Crippen molar-refractivity contribution >= 4 is 27.8 Å². The second kappa shape index (κ2) is 12.7. The van der Waals surface area contributed by atoms with Gasteiger partial charge in [-0.15, -0.1) is 0 Å². The van der Waals surface area contributed by atoms with Crippen LogP contribution in [0, 0.1) is 0 Å². The average Bonchev–Trinajstić information content (AvgIpc) is 3.16. The lowest BCUT2D eigenvalue weighted by atomic mass is 9.96. The Morgan fingerprint density at radius 3 is 1.40 bits per heavy atom. The molecule has 0 amide bonds. The van der Waals surface area contributed by atoms with Crippen molar-refractivity contribution in [3.63, 3.8) is 0 Å². The van der Waals surface area contributed by atoms with Gasteiger partial charge in [0.15, 0.2) is 0 Å². The molecule has 0 radical (unpaired) electrons. The van der Waals surface area contributed by atoms with Gasteiger partial charge in [-0.25, -0.2) is 0 Å². The van der Waals surface area contributed by atoms with Crippen molar-refractivity contribution < 1.29 is 0 Å². The van der Waals surface area contributed by atoms with Crippen molar-refractivity contribution in [2.45, 2.75) is 0 Å². The molecule has 1 heteroatoms. The molecule has 0 aliphatic heterocycles. The highest BCUT2D eigenvalue weighted by Gasteiger charge is 2.19. The van der Waals surface area contributed by atoms with E-state index in [-0.39, 0.29) is 0 Å². The van der Waals surface area contributed by atoms with Crippen molar-refractivity contribution in [3.8, 4) is 44.5 Å². The third kappa shape index (κ3) is 5.83. The smallest absolute Gasteiger partial charge is 0.0540 e. The predicted molar refractivity (Wildman–Crippen MR) is 200 cm³/mol. The Hall–Kier alpha value is -6.18. The summed E-state index contributed by atoms with van der Waals surface area (Å²) < 4.78 is 0. The van der Waals surface area contributed by atoms with Crippen LogP contribution in [-0.4, -0.2) is 0 Å². The van der Waals surface area contributed by atoms with E-state index in [1.807, 2.05) is 0 Å². The molecule has 222 valence electrons. The van der Waals surface area contributed by atoms with Crippen LogP contribution in [0.1, 0.15) is 0 Å². The first kappa shape index (κ1) is 28.3. The molecule has 8 aromatic carbocycles. The number of benzene rings is 8. The van der Waals surface area contributed by atoms with Crippen molar-refractivity contribution in [3.05, 3.63) is 200 Å². The van der Waals surface area contributed by atoms with Gasteiger partial charge in [0.05, 0.1) is 5.69 Å². The SMILES string of the molecule is c1ccc(-c2cccc(-c3ccccc3N(c3cccc(-c4ccccc4)c3)c3cccc(-c4ccc5ccccc5c4)c3)c2)cc1. The summed E-state index contributed by atoms with van der Waals surface area (Å²) in [6.07, 6.45) is 0. The van der Waals surface area contributed by atoms with E-state index < -0.39 is 0 Å². The van der Waals surface area contributed by atoms with Gasteiger partial charge in [-0.05, 0) is 92.2 Å². The van der Waals surface area contributed by atoms with Crippen LogP contribution in [0.3, 0.4) is 0 Å². The molecule has 0 aliphatic carbocycles. The van der Waals surface area contributed by atoms with E-state index in [0.717, 1.165) is 17.1 Å². The number of nitrogens with zero attached hydrogens (tertiary/aromatic N) is 1. The molecule has 0 atom stereocenters. The molecule has 0 fully saturated rings. The molecule has 47 heavy (non-hydrogen) atoms. The first-order valence-corrected chi connectivity index (χ1v) is 16.1. The van der Waals surface area contributed by atoms with E-state index in [4.69, 9.17) is 0 Å². The van der Waals surface area contributed by atoms with Crippen LogP contribution in [-0.2, 0) is 0 Å². The molecule has 0 aliphatic rings. The first-order valence-electron chi connectivity index (χ1n) is 16.1. The lowest BCUT2D eigenvalue weighted by molar-refractivity contribution is 1.28. The van der Waals surface area contributed by atoms with Gasteiger partial charge in [0.1, 0.15) is 0 Å². The van der Waals surface area contributed by atoms with Gasteiger partial charge < -0.3 is 4.90 Å². The molecule has 0 bridgehead atoms. The van der Waals surface area contributed by atoms with E-state index in [1.165, 1.54) is 55.3 Å². The Bertz CT molecular complexity index is 2300. The molecule has 8 rings (SSSR count). The van der Waals surface area contributed by atoms with Crippen molar-refractivity contribution in [1.29, 1.82) is 0 Å². The maximum absolute atomic E-state index is 2.40. The maximum Gasteiger partial charge on any atom is 0.0540 e. The summed E-state index contributed by atoms with van der Waals surface area (Å²) in [6.45, 7) is 0. The quantitative estimate of drug-likeness (QED) is 0.176. The van der Waals surface area contributed by atoms with Gasteiger partial charge in [-0.3, -0.25) is 0 Å². The summed E-state index contributed by atoms with van der Waals surface area (Å²) in [4.78, 5) is 2.40. The predicted octanol–water partition coefficient (Wildman–Crippen LogP) is 13.0. The highest BCUT2D eigenvalue weighted by Crippen LogP contribution is 2.43. The minimum Gasteiger partial charge on any atom is -0.310 e. The molecule has 0 unspecified atom stereocenters. The van der Waals surface area contributed by atoms with E-state index in [2.05, 4.69) is 205 Å². The normalized spacial score (nSPS) is 11.0. The summed E-state index contributed by atoms with van der Waals surface area (Å²) in [6, 6.07) is 71.9. The lowest BCUT2D eigenvalue weighted by Crippen LogP contribution is -2.11. The van der Waals surface area contributed by atoms with Crippen LogP contribution in [0.4, 0.5) is 17.1 Å². The standard InChI is InChI=1S/C46H33N/c1-3-14-34(15-4-1)38-20-11-23-42(31-38)45-26-9-10-27-46(45)47(43-24-12-21-39(32-43)35-16-5-2-6-17-35)44-25-13-22-40(33-44)41-29-28-36-18-7-8-19-37(36)30-41/h1-33H. The van der Waals surface area contributed by atoms with Crippen LogP contribution in [0.5, 0.6) is 0 Å². The number of fused-ring (bicyclic) bond motifs is 1. The van der Waals surface area contributed by atoms with Gasteiger partial charge in [-0.2, -0.15) is 0 Å². The Morgan fingerprint density at radius 2 is 0.723 bits per heavy atom. The van der Waals surface area contributed by atoms with Crippen LogP contribution in [0.15, 0.2) is 200 Å². The number of hydrogen-bond acceptors (Lipinski definition) is 1. The molecule has 0 saturated carbocycles. The Balaban J connectivity index is 1.30. The zero-order valence-electron chi connectivity index (χ0n) is 26.0. The zero-order valence-corrected chi connectivity index (χ0v) is 26.0. The van der Waals surface area contributed by atoms with Crippen molar-refractivity contribution in [2.75, 3.05) is 4.90 Å². The van der Waals surface area contributed by atoms with Crippen molar-refractivity contribution in [2.24, 2.45) is 0 Å². The zero-order chi connectivity index (χ0) is 31.4. The highest BCUT2D eigenvalue weighted by atomic mass is 15.1. The summed E-state index contributed by atoms with van der Waals surface area (Å²) in [5.74, 6) is 0. The third-order valence-corrected chi connectivity index (χ3v) is 8.82. The molecule has 0 spiro atoms. The molecule has 1 nitrogen and oxygen atoms in total. The van der Waals surface area contributed by atoms with Gasteiger partial charge in [0, 0.05) is 16.9 Å². The first-order chi connectivity index (χ1) is 23.3. The maximum atomic E-state index is 2.40. The van der Waals surface area contributed by atoms with E-state index >= 15 is 0 Å². The number of hydrogen-bond donors (Lipinski definition) is 0. The van der Waals surface area contributed by atoms with Gasteiger partial charge in [-0.1, -0.05) is 158 Å². The molecular weight excluding hydrogens is 567 g/mol. The fraction of sp³-hybridized carbons (Fsp3) is 0. The summed E-state index contributed by atoms with van der Waals surface area (Å²) in [5.41, 5.74) is 12.9. The van der Waals surface area contributed by atoms with Crippen LogP contribution in [0.2, 0.25) is 0 Å². The molecular formula is C46H33N. The van der Waals surface area contributed by atoms with E-state index in [0.29, 0.717) is 0 Å².